The SMILES string of the molecule is CCc1ccccc1NC(=S)Nc1ccc(Cl)c(C(F)(F)F)c1. The minimum absolute atomic E-state index is 0.210. The van der Waals surface area contributed by atoms with Crippen LogP contribution in [0.1, 0.15) is 18.1 Å². The lowest BCUT2D eigenvalue weighted by Gasteiger charge is -2.15. The third kappa shape index (κ3) is 4.59. The Morgan fingerprint density at radius 1 is 1.13 bits per heavy atom. The van der Waals surface area contributed by atoms with Crippen molar-refractivity contribution in [2.24, 2.45) is 0 Å². The topological polar surface area (TPSA) is 24.1 Å². The Morgan fingerprint density at radius 3 is 2.48 bits per heavy atom. The van der Waals surface area contributed by atoms with Gasteiger partial charge in [0.15, 0.2) is 5.11 Å². The van der Waals surface area contributed by atoms with Gasteiger partial charge in [-0.25, -0.2) is 0 Å². The number of hydrogen-bond donors (Lipinski definition) is 2. The second kappa shape index (κ2) is 7.19. The van der Waals surface area contributed by atoms with Crippen LogP contribution in [0.5, 0.6) is 0 Å². The molecule has 0 aliphatic rings. The highest BCUT2D eigenvalue weighted by Crippen LogP contribution is 2.36. The van der Waals surface area contributed by atoms with Crippen LogP contribution >= 0.6 is 23.8 Å². The third-order valence-electron chi connectivity index (χ3n) is 3.18. The molecule has 0 aliphatic carbocycles. The van der Waals surface area contributed by atoms with Crippen LogP contribution in [-0.4, -0.2) is 5.11 Å². The molecule has 2 rings (SSSR count). The zero-order chi connectivity index (χ0) is 17.0. The molecule has 0 saturated carbocycles. The fourth-order valence-electron chi connectivity index (χ4n) is 2.06. The first-order chi connectivity index (χ1) is 10.8. The molecule has 0 atom stereocenters. The second-order valence-corrected chi connectivity index (χ2v) is 5.60. The molecular weight excluding hydrogens is 345 g/mol. The van der Waals surface area contributed by atoms with Crippen molar-refractivity contribution in [1.29, 1.82) is 0 Å². The van der Waals surface area contributed by atoms with Gasteiger partial charge in [0.1, 0.15) is 0 Å². The van der Waals surface area contributed by atoms with Gasteiger partial charge >= 0.3 is 6.18 Å². The van der Waals surface area contributed by atoms with Gasteiger partial charge in [-0.1, -0.05) is 36.7 Å². The summed E-state index contributed by atoms with van der Waals surface area (Å²) in [6, 6.07) is 11.1. The van der Waals surface area contributed by atoms with Crippen molar-refractivity contribution in [3.63, 3.8) is 0 Å². The maximum atomic E-state index is 12.9. The smallest absolute Gasteiger partial charge is 0.332 e. The molecule has 0 aromatic heterocycles. The maximum Gasteiger partial charge on any atom is 0.417 e. The molecule has 0 unspecified atom stereocenters. The molecule has 0 fully saturated rings. The molecule has 0 bridgehead atoms. The number of para-hydroxylation sites is 1. The van der Waals surface area contributed by atoms with Gasteiger partial charge in [-0.05, 0) is 48.5 Å². The summed E-state index contributed by atoms with van der Waals surface area (Å²) in [4.78, 5) is 0. The van der Waals surface area contributed by atoms with Gasteiger partial charge in [-0.15, -0.1) is 0 Å². The molecular formula is C16H14ClF3N2S. The molecule has 7 heteroatoms. The maximum absolute atomic E-state index is 12.9. The number of nitrogens with one attached hydrogen (secondary N) is 2. The van der Waals surface area contributed by atoms with E-state index in [1.165, 1.54) is 12.1 Å². The van der Waals surface area contributed by atoms with Crippen LogP contribution in [0.15, 0.2) is 42.5 Å². The number of aryl methyl sites for hydroxylation is 1. The van der Waals surface area contributed by atoms with E-state index in [1.807, 2.05) is 31.2 Å². The van der Waals surface area contributed by atoms with E-state index < -0.39 is 11.7 Å². The first-order valence-electron chi connectivity index (χ1n) is 6.84. The van der Waals surface area contributed by atoms with Crippen LogP contribution in [-0.2, 0) is 12.6 Å². The molecule has 0 spiro atoms. The van der Waals surface area contributed by atoms with Gasteiger partial charge in [0.05, 0.1) is 10.6 Å². The Balaban J connectivity index is 2.15. The highest BCUT2D eigenvalue weighted by atomic mass is 35.5. The number of halogens is 4. The molecule has 2 N–H and O–H groups in total. The first-order valence-corrected chi connectivity index (χ1v) is 7.62. The van der Waals surface area contributed by atoms with Crippen LogP contribution in [0.3, 0.4) is 0 Å². The third-order valence-corrected chi connectivity index (χ3v) is 3.71. The fourth-order valence-corrected chi connectivity index (χ4v) is 2.51. The lowest BCUT2D eigenvalue weighted by atomic mass is 10.1. The molecule has 2 nitrogen and oxygen atoms in total. The summed E-state index contributed by atoms with van der Waals surface area (Å²) in [7, 11) is 0. The summed E-state index contributed by atoms with van der Waals surface area (Å²) < 4.78 is 38.6. The number of benzene rings is 2. The van der Waals surface area contributed by atoms with Crippen LogP contribution < -0.4 is 10.6 Å². The molecule has 2 aromatic rings. The molecule has 0 radical (unpaired) electrons. The van der Waals surface area contributed by atoms with E-state index in [1.54, 1.807) is 0 Å². The van der Waals surface area contributed by atoms with E-state index in [9.17, 15) is 13.2 Å². The van der Waals surface area contributed by atoms with E-state index in [2.05, 4.69) is 10.6 Å². The van der Waals surface area contributed by atoms with Gasteiger partial charge in [-0.3, -0.25) is 0 Å². The first kappa shape index (κ1) is 17.6. The molecule has 0 heterocycles. The molecule has 122 valence electrons. The van der Waals surface area contributed by atoms with Crippen LogP contribution in [0.25, 0.3) is 0 Å². The molecule has 2 aromatic carbocycles. The van der Waals surface area contributed by atoms with Gasteiger partial charge in [-0.2, -0.15) is 13.2 Å². The summed E-state index contributed by atoms with van der Waals surface area (Å²) >= 11 is 10.7. The zero-order valence-electron chi connectivity index (χ0n) is 12.2. The standard InChI is InChI=1S/C16H14ClF3N2S/c1-2-10-5-3-4-6-14(10)22-15(23)21-11-7-8-13(17)12(9-11)16(18,19)20/h3-9H,2H2,1H3,(H2,21,22,23). The van der Waals surface area contributed by atoms with Crippen molar-refractivity contribution >= 4 is 40.3 Å². The number of alkyl halides is 3. The van der Waals surface area contributed by atoms with E-state index in [4.69, 9.17) is 23.8 Å². The highest BCUT2D eigenvalue weighted by Gasteiger charge is 2.33. The number of anilines is 2. The largest absolute Gasteiger partial charge is 0.417 e. The number of rotatable bonds is 3. The summed E-state index contributed by atoms with van der Waals surface area (Å²) in [6.45, 7) is 2.01. The zero-order valence-corrected chi connectivity index (χ0v) is 13.7. The predicted octanol–water partition coefficient (Wildman–Crippen LogP) is 5.73. The Hall–Kier alpha value is -1.79. The minimum atomic E-state index is -4.52. The van der Waals surface area contributed by atoms with Crippen LogP contribution in [0.2, 0.25) is 5.02 Å². The van der Waals surface area contributed by atoms with Crippen molar-refractivity contribution < 1.29 is 13.2 Å². The van der Waals surface area contributed by atoms with Crippen LogP contribution in [0, 0.1) is 0 Å². The Kier molecular flexibility index (Phi) is 5.49. The highest BCUT2D eigenvalue weighted by molar-refractivity contribution is 7.80. The number of hydrogen-bond acceptors (Lipinski definition) is 1. The molecule has 0 amide bonds. The van der Waals surface area contributed by atoms with E-state index in [0.29, 0.717) is 0 Å². The lowest BCUT2D eigenvalue weighted by molar-refractivity contribution is -0.137. The lowest BCUT2D eigenvalue weighted by Crippen LogP contribution is -2.20. The Morgan fingerprint density at radius 2 is 1.83 bits per heavy atom. The van der Waals surface area contributed by atoms with Gasteiger partial charge < -0.3 is 10.6 Å². The average molecular weight is 359 g/mol. The summed E-state index contributed by atoms with van der Waals surface area (Å²) in [5.74, 6) is 0. The van der Waals surface area contributed by atoms with E-state index >= 15 is 0 Å². The van der Waals surface area contributed by atoms with Crippen molar-refractivity contribution in [3.8, 4) is 0 Å². The quantitative estimate of drug-likeness (QED) is 0.685. The Bertz CT molecular complexity index is 717. The number of thiocarbonyl (C=S) groups is 1. The van der Waals surface area contributed by atoms with Crippen LogP contribution in [0.4, 0.5) is 24.5 Å². The van der Waals surface area contributed by atoms with Crippen molar-refractivity contribution in [1.82, 2.24) is 0 Å². The monoisotopic (exact) mass is 358 g/mol. The molecule has 23 heavy (non-hydrogen) atoms. The summed E-state index contributed by atoms with van der Waals surface area (Å²) in [5, 5.41) is 5.59. The fraction of sp³-hybridized carbons (Fsp3) is 0.188. The van der Waals surface area contributed by atoms with Crippen molar-refractivity contribution in [2.45, 2.75) is 19.5 Å². The van der Waals surface area contributed by atoms with Gasteiger partial charge in [0.2, 0.25) is 0 Å². The van der Waals surface area contributed by atoms with Crippen molar-refractivity contribution in [2.75, 3.05) is 10.6 Å². The molecule has 0 aliphatic heterocycles. The Labute approximate surface area is 142 Å². The van der Waals surface area contributed by atoms with Crippen molar-refractivity contribution in [3.05, 3.63) is 58.6 Å². The van der Waals surface area contributed by atoms with E-state index in [-0.39, 0.29) is 15.8 Å². The summed E-state index contributed by atoms with van der Waals surface area (Å²) in [6.07, 6.45) is -3.70. The summed E-state index contributed by atoms with van der Waals surface area (Å²) in [5.41, 5.74) is 1.19. The average Bonchev–Trinajstić information content (AvgIpc) is 2.48. The van der Waals surface area contributed by atoms with E-state index in [0.717, 1.165) is 23.7 Å². The second-order valence-electron chi connectivity index (χ2n) is 4.78. The van der Waals surface area contributed by atoms with Gasteiger partial charge in [0.25, 0.3) is 0 Å². The minimum Gasteiger partial charge on any atom is -0.332 e. The predicted molar refractivity (Wildman–Crippen MR) is 92.1 cm³/mol. The normalized spacial score (nSPS) is 11.2. The van der Waals surface area contributed by atoms with Gasteiger partial charge in [0, 0.05) is 11.4 Å². The molecule has 0 saturated heterocycles.